The van der Waals surface area contributed by atoms with E-state index in [1.165, 1.54) is 19.2 Å². The zero-order valence-corrected chi connectivity index (χ0v) is 14.8. The summed E-state index contributed by atoms with van der Waals surface area (Å²) in [6, 6.07) is 6.05. The molecule has 24 heavy (non-hydrogen) atoms. The zero-order chi connectivity index (χ0) is 18.2. The van der Waals surface area contributed by atoms with Gasteiger partial charge in [0.05, 0.1) is 24.6 Å². The molecule has 0 atom stereocenters. The van der Waals surface area contributed by atoms with Gasteiger partial charge in [0.2, 0.25) is 15.9 Å². The normalized spacial score (nSPS) is 11.0. The highest BCUT2D eigenvalue weighted by Gasteiger charge is 2.25. The number of benzene rings is 1. The Hall–Kier alpha value is -2.13. The molecule has 1 N–H and O–H groups in total. The maximum Gasteiger partial charge on any atom is 0.340 e. The molecule has 0 radical (unpaired) electrons. The van der Waals surface area contributed by atoms with Crippen molar-refractivity contribution < 1.29 is 27.5 Å². The fraction of sp³-hybridized carbons (Fsp3) is 0.467. The van der Waals surface area contributed by atoms with Crippen LogP contribution in [-0.4, -0.2) is 60.5 Å². The third kappa shape index (κ3) is 5.82. The maximum absolute atomic E-state index is 12.1. The van der Waals surface area contributed by atoms with Gasteiger partial charge in [-0.1, -0.05) is 12.1 Å². The summed E-state index contributed by atoms with van der Waals surface area (Å²) >= 11 is 0. The van der Waals surface area contributed by atoms with Crippen LogP contribution < -0.4 is 9.62 Å². The summed E-state index contributed by atoms with van der Waals surface area (Å²) in [5.74, 6) is -1.16. The molecule has 134 valence electrons. The molecule has 0 aliphatic carbocycles. The van der Waals surface area contributed by atoms with Gasteiger partial charge in [0, 0.05) is 20.3 Å². The highest BCUT2D eigenvalue weighted by Crippen LogP contribution is 2.23. The van der Waals surface area contributed by atoms with Crippen molar-refractivity contribution in [3.63, 3.8) is 0 Å². The number of esters is 1. The van der Waals surface area contributed by atoms with Gasteiger partial charge >= 0.3 is 5.97 Å². The summed E-state index contributed by atoms with van der Waals surface area (Å²) in [4.78, 5) is 23.9. The van der Waals surface area contributed by atoms with E-state index in [1.54, 1.807) is 19.2 Å². The summed E-state index contributed by atoms with van der Waals surface area (Å²) < 4.78 is 34.6. The van der Waals surface area contributed by atoms with E-state index in [0.717, 1.165) is 10.6 Å². The molecule has 1 aromatic rings. The molecule has 8 nitrogen and oxygen atoms in total. The first kappa shape index (κ1) is 19.9. The number of sulfonamides is 1. The van der Waals surface area contributed by atoms with E-state index in [-0.39, 0.29) is 11.3 Å². The molecule has 1 rings (SSSR count). The van der Waals surface area contributed by atoms with E-state index in [4.69, 9.17) is 4.74 Å². The van der Waals surface area contributed by atoms with Gasteiger partial charge in [-0.3, -0.25) is 9.10 Å². The van der Waals surface area contributed by atoms with Crippen LogP contribution in [0.1, 0.15) is 16.8 Å². The van der Waals surface area contributed by atoms with Gasteiger partial charge in [-0.05, 0) is 18.6 Å². The fourth-order valence-electron chi connectivity index (χ4n) is 1.99. The number of nitrogens with zero attached hydrogens (tertiary/aromatic N) is 1. The molecule has 0 aliphatic heterocycles. The molecule has 0 aliphatic rings. The Balaban J connectivity index is 3.00. The number of hydrogen-bond donors (Lipinski definition) is 1. The molecule has 0 bridgehead atoms. The highest BCUT2D eigenvalue weighted by atomic mass is 32.2. The molecule has 0 unspecified atom stereocenters. The molecule has 0 heterocycles. The smallest absolute Gasteiger partial charge is 0.340 e. The Bertz CT molecular complexity index is 674. The second-order valence-electron chi connectivity index (χ2n) is 4.97. The van der Waals surface area contributed by atoms with Gasteiger partial charge in [0.15, 0.2) is 0 Å². The number of carbonyl (C=O) groups is 2. The number of anilines is 1. The number of amides is 1. The van der Waals surface area contributed by atoms with Crippen molar-refractivity contribution in [1.29, 1.82) is 0 Å². The van der Waals surface area contributed by atoms with Crippen LogP contribution in [0, 0.1) is 0 Å². The number of nitrogens with one attached hydrogen (secondary N) is 1. The number of ether oxygens (including phenoxy) is 2. The molecule has 0 saturated carbocycles. The average molecular weight is 358 g/mol. The van der Waals surface area contributed by atoms with Crippen LogP contribution in [0.5, 0.6) is 0 Å². The minimum absolute atomic E-state index is 0.0672. The van der Waals surface area contributed by atoms with Gasteiger partial charge < -0.3 is 14.8 Å². The van der Waals surface area contributed by atoms with E-state index in [1.807, 2.05) is 0 Å². The molecular formula is C15H22N2O6S. The Morgan fingerprint density at radius 3 is 2.46 bits per heavy atom. The Kier molecular flexibility index (Phi) is 7.66. The second kappa shape index (κ2) is 9.24. The van der Waals surface area contributed by atoms with Gasteiger partial charge in [-0.25, -0.2) is 13.2 Å². The van der Waals surface area contributed by atoms with Gasteiger partial charge in [0.25, 0.3) is 0 Å². The van der Waals surface area contributed by atoms with Crippen molar-refractivity contribution in [3.8, 4) is 0 Å². The van der Waals surface area contributed by atoms with Crippen LogP contribution in [-0.2, 0) is 24.3 Å². The topological polar surface area (TPSA) is 102 Å². The van der Waals surface area contributed by atoms with Crippen LogP contribution in [0.4, 0.5) is 5.69 Å². The minimum atomic E-state index is -3.77. The summed E-state index contributed by atoms with van der Waals surface area (Å²) in [6.45, 7) is 0.421. The van der Waals surface area contributed by atoms with E-state index < -0.39 is 28.4 Å². The van der Waals surface area contributed by atoms with Crippen LogP contribution in [0.2, 0.25) is 0 Å². The summed E-state index contributed by atoms with van der Waals surface area (Å²) in [5, 5.41) is 2.61. The van der Waals surface area contributed by atoms with E-state index in [2.05, 4.69) is 10.1 Å². The maximum atomic E-state index is 12.1. The SMILES string of the molecule is COCCCNC(=O)CN(c1ccccc1C(=O)OC)S(C)(=O)=O. The molecule has 0 spiro atoms. The zero-order valence-electron chi connectivity index (χ0n) is 13.9. The van der Waals surface area contributed by atoms with Crippen LogP contribution in [0.3, 0.4) is 0 Å². The summed E-state index contributed by atoms with van der Waals surface area (Å²) in [7, 11) is -1.02. The van der Waals surface area contributed by atoms with Crippen LogP contribution in [0.25, 0.3) is 0 Å². The first-order chi connectivity index (χ1) is 11.3. The lowest BCUT2D eigenvalue weighted by Crippen LogP contribution is -2.41. The first-order valence-corrected chi connectivity index (χ1v) is 9.06. The van der Waals surface area contributed by atoms with Crippen molar-refractivity contribution in [3.05, 3.63) is 29.8 Å². The van der Waals surface area contributed by atoms with Crippen molar-refractivity contribution in [1.82, 2.24) is 5.32 Å². The third-order valence-corrected chi connectivity index (χ3v) is 4.24. The van der Waals surface area contributed by atoms with E-state index in [9.17, 15) is 18.0 Å². The Labute approximate surface area is 141 Å². The lowest BCUT2D eigenvalue weighted by molar-refractivity contribution is -0.119. The minimum Gasteiger partial charge on any atom is -0.465 e. The molecule has 0 saturated heterocycles. The standard InChI is InChI=1S/C15H22N2O6S/c1-22-10-6-9-16-14(18)11-17(24(3,20)21)13-8-5-4-7-12(13)15(19)23-2/h4-5,7-8H,6,9-11H2,1-3H3,(H,16,18). The van der Waals surface area contributed by atoms with E-state index in [0.29, 0.717) is 19.6 Å². The Morgan fingerprint density at radius 1 is 1.21 bits per heavy atom. The molecule has 0 aromatic heterocycles. The van der Waals surface area contributed by atoms with Crippen LogP contribution >= 0.6 is 0 Å². The fourth-order valence-corrected chi connectivity index (χ4v) is 2.85. The average Bonchev–Trinajstić information content (AvgIpc) is 2.55. The van der Waals surface area contributed by atoms with Gasteiger partial charge in [0.1, 0.15) is 6.54 Å². The molecule has 9 heteroatoms. The lowest BCUT2D eigenvalue weighted by atomic mass is 10.2. The number of para-hydroxylation sites is 1. The van der Waals surface area contributed by atoms with E-state index >= 15 is 0 Å². The Morgan fingerprint density at radius 2 is 1.88 bits per heavy atom. The van der Waals surface area contributed by atoms with Crippen molar-refractivity contribution in [2.75, 3.05) is 44.5 Å². The summed E-state index contributed by atoms with van der Waals surface area (Å²) in [6.07, 6.45) is 1.58. The largest absolute Gasteiger partial charge is 0.465 e. The monoisotopic (exact) mass is 358 g/mol. The third-order valence-electron chi connectivity index (χ3n) is 3.11. The van der Waals surface area contributed by atoms with Crippen LogP contribution in [0.15, 0.2) is 24.3 Å². The lowest BCUT2D eigenvalue weighted by Gasteiger charge is -2.23. The predicted octanol–water partition coefficient (Wildman–Crippen LogP) is 0.392. The van der Waals surface area contributed by atoms with Crippen molar-refractivity contribution in [2.45, 2.75) is 6.42 Å². The van der Waals surface area contributed by atoms with Gasteiger partial charge in [-0.2, -0.15) is 0 Å². The first-order valence-electron chi connectivity index (χ1n) is 7.22. The highest BCUT2D eigenvalue weighted by molar-refractivity contribution is 7.92. The van der Waals surface area contributed by atoms with Crippen molar-refractivity contribution in [2.24, 2.45) is 0 Å². The molecule has 1 amide bonds. The number of rotatable bonds is 9. The molecule has 1 aromatic carbocycles. The summed E-state index contributed by atoms with van der Waals surface area (Å²) in [5.41, 5.74) is 0.163. The number of hydrogen-bond acceptors (Lipinski definition) is 6. The predicted molar refractivity (Wildman–Crippen MR) is 89.5 cm³/mol. The van der Waals surface area contributed by atoms with Gasteiger partial charge in [-0.15, -0.1) is 0 Å². The number of carbonyl (C=O) groups excluding carboxylic acids is 2. The molecular weight excluding hydrogens is 336 g/mol. The molecule has 0 fully saturated rings. The number of methoxy groups -OCH3 is 2. The van der Waals surface area contributed by atoms with Crippen molar-refractivity contribution >= 4 is 27.6 Å². The quantitative estimate of drug-likeness (QED) is 0.506. The second-order valence-corrected chi connectivity index (χ2v) is 6.88.